The quantitative estimate of drug-likeness (QED) is 0.515. The molecule has 0 aliphatic carbocycles. The molecular formula is CH5NO6S2. The predicted molar refractivity (Wildman–Crippen MR) is 30.9 cm³/mol. The van der Waals surface area contributed by atoms with Gasteiger partial charge in [0, 0.05) is 7.05 Å². The monoisotopic (exact) mass is 191 g/mol. The zero-order valence-electron chi connectivity index (χ0n) is 4.79. The number of hydrogen-bond acceptors (Lipinski definition) is 4. The molecule has 0 rings (SSSR count). The minimum Gasteiger partial charge on any atom is -0.273 e. The maximum Gasteiger partial charge on any atom is 0.350 e. The molecule has 0 saturated heterocycles. The molecule has 0 aromatic rings. The molecule has 0 atom stereocenters. The van der Waals surface area contributed by atoms with E-state index in [1.807, 2.05) is 0 Å². The summed E-state index contributed by atoms with van der Waals surface area (Å²) in [5.41, 5.74) is 0. The summed E-state index contributed by atoms with van der Waals surface area (Å²) in [6, 6.07) is 0. The van der Waals surface area contributed by atoms with E-state index in [9.17, 15) is 16.8 Å². The minimum atomic E-state index is -4.87. The fourth-order valence-corrected chi connectivity index (χ4v) is 1.07. The first-order chi connectivity index (χ1) is 4.15. The van der Waals surface area contributed by atoms with Crippen LogP contribution in [0.2, 0.25) is 0 Å². The molecule has 9 heteroatoms. The van der Waals surface area contributed by atoms with Crippen molar-refractivity contribution >= 4 is 20.6 Å². The molecule has 0 bridgehead atoms. The van der Waals surface area contributed by atoms with Gasteiger partial charge in [0.25, 0.3) is 0 Å². The second kappa shape index (κ2) is 2.43. The van der Waals surface area contributed by atoms with Crippen LogP contribution in [-0.4, -0.2) is 36.7 Å². The first-order valence-corrected chi connectivity index (χ1v) is 4.64. The molecule has 2 N–H and O–H groups in total. The van der Waals surface area contributed by atoms with Crippen LogP contribution in [0.25, 0.3) is 0 Å². The van der Waals surface area contributed by atoms with Crippen LogP contribution in [0.15, 0.2) is 0 Å². The van der Waals surface area contributed by atoms with Gasteiger partial charge in [-0.05, 0) is 0 Å². The molecule has 0 fully saturated rings. The van der Waals surface area contributed by atoms with Crippen LogP contribution in [0.1, 0.15) is 0 Å². The smallest absolute Gasteiger partial charge is 0.273 e. The largest absolute Gasteiger partial charge is 0.350 e. The molecule has 0 heterocycles. The molecular weight excluding hydrogens is 186 g/mol. The van der Waals surface area contributed by atoms with Gasteiger partial charge >= 0.3 is 20.6 Å². The Labute approximate surface area is 58.0 Å². The molecule has 0 spiro atoms. The molecule has 0 radical (unpaired) electrons. The molecule has 0 amide bonds. The van der Waals surface area contributed by atoms with Crippen molar-refractivity contribution in [3.05, 3.63) is 0 Å². The van der Waals surface area contributed by atoms with Gasteiger partial charge in [-0.3, -0.25) is 9.11 Å². The zero-order valence-corrected chi connectivity index (χ0v) is 6.42. The van der Waals surface area contributed by atoms with Gasteiger partial charge in [0.05, 0.1) is 0 Å². The van der Waals surface area contributed by atoms with Crippen molar-refractivity contribution in [2.24, 2.45) is 0 Å². The molecule has 0 aliphatic rings. The van der Waals surface area contributed by atoms with Crippen molar-refractivity contribution in [3.8, 4) is 0 Å². The Hall–Kier alpha value is -0.220. The first kappa shape index (κ1) is 9.78. The Morgan fingerprint density at radius 1 is 1.00 bits per heavy atom. The highest BCUT2D eigenvalue weighted by molar-refractivity contribution is 7.98. The van der Waals surface area contributed by atoms with E-state index in [-0.39, 0.29) is 0 Å². The molecule has 7 nitrogen and oxygen atoms in total. The van der Waals surface area contributed by atoms with E-state index in [4.69, 9.17) is 9.11 Å². The van der Waals surface area contributed by atoms with Gasteiger partial charge in [-0.15, -0.1) is 0 Å². The van der Waals surface area contributed by atoms with E-state index >= 15 is 0 Å². The van der Waals surface area contributed by atoms with E-state index in [1.165, 1.54) is 0 Å². The molecule has 62 valence electrons. The third kappa shape index (κ3) is 2.58. The number of hydrogen-bond donors (Lipinski definition) is 2. The Morgan fingerprint density at radius 2 is 1.20 bits per heavy atom. The summed E-state index contributed by atoms with van der Waals surface area (Å²) in [6.07, 6.45) is 0. The van der Waals surface area contributed by atoms with E-state index in [2.05, 4.69) is 0 Å². The maximum atomic E-state index is 9.92. The Bertz CT molecular complexity index is 265. The topological polar surface area (TPSA) is 112 Å². The van der Waals surface area contributed by atoms with Gasteiger partial charge in [-0.2, -0.15) is 16.8 Å². The van der Waals surface area contributed by atoms with Crippen LogP contribution in [-0.2, 0) is 20.6 Å². The van der Waals surface area contributed by atoms with Gasteiger partial charge in [0.1, 0.15) is 0 Å². The zero-order chi connectivity index (χ0) is 8.58. The number of rotatable bonds is 2. The molecule has 0 aromatic carbocycles. The van der Waals surface area contributed by atoms with Crippen molar-refractivity contribution in [3.63, 3.8) is 0 Å². The van der Waals surface area contributed by atoms with Gasteiger partial charge in [0.15, 0.2) is 0 Å². The highest BCUT2D eigenvalue weighted by Gasteiger charge is 2.25. The molecule has 0 aromatic heterocycles. The summed E-state index contributed by atoms with van der Waals surface area (Å²) in [6.45, 7) is 0. The van der Waals surface area contributed by atoms with Gasteiger partial charge in [-0.25, -0.2) is 0 Å². The van der Waals surface area contributed by atoms with Gasteiger partial charge < -0.3 is 0 Å². The van der Waals surface area contributed by atoms with Crippen molar-refractivity contribution in [2.45, 2.75) is 0 Å². The lowest BCUT2D eigenvalue weighted by molar-refractivity contribution is 0.403. The van der Waals surface area contributed by atoms with Crippen LogP contribution in [0.4, 0.5) is 0 Å². The van der Waals surface area contributed by atoms with Crippen molar-refractivity contribution in [1.29, 1.82) is 0 Å². The summed E-state index contributed by atoms with van der Waals surface area (Å²) >= 11 is 0. The maximum absolute atomic E-state index is 9.92. The summed E-state index contributed by atoms with van der Waals surface area (Å²) in [7, 11) is -9.24. The molecule has 0 unspecified atom stereocenters. The highest BCUT2D eigenvalue weighted by atomic mass is 32.3. The number of nitrogens with zero attached hydrogens (tertiary/aromatic N) is 1. The second-order valence-electron chi connectivity index (χ2n) is 1.34. The van der Waals surface area contributed by atoms with Crippen molar-refractivity contribution < 1.29 is 25.9 Å². The summed E-state index contributed by atoms with van der Waals surface area (Å²) in [4.78, 5) is 0. The summed E-state index contributed by atoms with van der Waals surface area (Å²) in [5, 5.41) is 0. The van der Waals surface area contributed by atoms with Crippen LogP contribution < -0.4 is 0 Å². The van der Waals surface area contributed by atoms with E-state index in [1.54, 1.807) is 0 Å². The van der Waals surface area contributed by atoms with Crippen molar-refractivity contribution in [2.75, 3.05) is 7.05 Å². The summed E-state index contributed by atoms with van der Waals surface area (Å²) < 4.78 is 55.1. The van der Waals surface area contributed by atoms with Crippen LogP contribution in [0.3, 0.4) is 0 Å². The normalized spacial score (nSPS) is 14.0. The lowest BCUT2D eigenvalue weighted by Crippen LogP contribution is -2.31. The molecule has 0 saturated carbocycles. The first-order valence-electron chi connectivity index (χ1n) is 1.84. The lowest BCUT2D eigenvalue weighted by atomic mass is 11.6. The highest BCUT2D eigenvalue weighted by Crippen LogP contribution is 1.97. The Kier molecular flexibility index (Phi) is 2.38. The SMILES string of the molecule is CN(S(=O)(=O)O)S(=O)(=O)O. The molecule has 0 aliphatic heterocycles. The third-order valence-electron chi connectivity index (χ3n) is 0.650. The Balaban J connectivity index is 4.94. The minimum absolute atomic E-state index is 0.491. The fourth-order valence-electron chi connectivity index (χ4n) is 0.119. The average Bonchev–Trinajstić information content (AvgIpc) is 1.59. The standard InChI is InChI=1S/CH5NO6S2/c1-2(9(3,4)5)10(6,7)8/h1H3,(H,3,4,5)(H,6,7,8). The van der Waals surface area contributed by atoms with E-state index in [0.29, 0.717) is 7.05 Å². The predicted octanol–water partition coefficient (Wildman–Crippen LogP) is -1.48. The average molecular weight is 191 g/mol. The van der Waals surface area contributed by atoms with Crippen LogP contribution in [0, 0.1) is 0 Å². The van der Waals surface area contributed by atoms with Crippen LogP contribution in [0.5, 0.6) is 0 Å². The van der Waals surface area contributed by atoms with Gasteiger partial charge in [0.2, 0.25) is 0 Å². The van der Waals surface area contributed by atoms with E-state index < -0.39 is 24.3 Å². The van der Waals surface area contributed by atoms with Crippen LogP contribution >= 0.6 is 0 Å². The third-order valence-corrected chi connectivity index (χ3v) is 3.08. The van der Waals surface area contributed by atoms with Gasteiger partial charge in [-0.1, -0.05) is 3.71 Å². The molecule has 10 heavy (non-hydrogen) atoms. The van der Waals surface area contributed by atoms with E-state index in [0.717, 1.165) is 0 Å². The second-order valence-corrected chi connectivity index (χ2v) is 4.45. The Morgan fingerprint density at radius 3 is 1.20 bits per heavy atom. The summed E-state index contributed by atoms with van der Waals surface area (Å²) in [5.74, 6) is 0. The fraction of sp³-hybridized carbons (Fsp3) is 1.00. The van der Waals surface area contributed by atoms with Crippen molar-refractivity contribution in [1.82, 2.24) is 3.71 Å². The lowest BCUT2D eigenvalue weighted by Gasteiger charge is -2.05.